The third-order valence-corrected chi connectivity index (χ3v) is 5.45. The fourth-order valence-electron chi connectivity index (χ4n) is 3.76. The molecular weight excluding hydrogens is 368 g/mol. The van der Waals surface area contributed by atoms with E-state index in [-0.39, 0.29) is 19.1 Å². The maximum Gasteiger partial charge on any atom is 0.325 e. The first-order valence-corrected chi connectivity index (χ1v) is 10.4. The van der Waals surface area contributed by atoms with E-state index in [2.05, 4.69) is 12.2 Å². The molecule has 1 heterocycles. The van der Waals surface area contributed by atoms with Crippen LogP contribution in [0.5, 0.6) is 5.75 Å². The minimum absolute atomic E-state index is 0.00170. The lowest BCUT2D eigenvalue weighted by atomic mass is 9.94. The van der Waals surface area contributed by atoms with Gasteiger partial charge in [0.1, 0.15) is 24.0 Å². The van der Waals surface area contributed by atoms with Crippen LogP contribution in [0.2, 0.25) is 0 Å². The van der Waals surface area contributed by atoms with Gasteiger partial charge in [-0.25, -0.2) is 4.79 Å². The molecule has 0 aromatic heterocycles. The largest absolute Gasteiger partial charge is 0.490 e. The van der Waals surface area contributed by atoms with Crippen LogP contribution in [0.15, 0.2) is 42.5 Å². The number of imide groups is 1. The van der Waals surface area contributed by atoms with Crippen LogP contribution in [0.25, 0.3) is 10.8 Å². The summed E-state index contributed by atoms with van der Waals surface area (Å²) < 4.78 is 5.79. The molecule has 1 fully saturated rings. The Hall–Kier alpha value is -2.60. The van der Waals surface area contributed by atoms with Crippen LogP contribution in [-0.2, 0) is 4.79 Å². The van der Waals surface area contributed by atoms with E-state index >= 15 is 0 Å². The van der Waals surface area contributed by atoms with Crippen LogP contribution in [0, 0.1) is 0 Å². The Morgan fingerprint density at radius 1 is 1.10 bits per heavy atom. The van der Waals surface area contributed by atoms with Crippen LogP contribution >= 0.6 is 0 Å². The lowest BCUT2D eigenvalue weighted by Crippen LogP contribution is -2.45. The molecule has 156 valence electrons. The Labute approximate surface area is 171 Å². The highest BCUT2D eigenvalue weighted by molar-refractivity contribution is 6.06. The number of amides is 3. The summed E-state index contributed by atoms with van der Waals surface area (Å²) in [6.45, 7) is 3.81. The zero-order chi connectivity index (χ0) is 20.9. The molecule has 3 rings (SSSR count). The molecule has 0 radical (unpaired) electrons. The molecular formula is C23H30N2O4. The highest BCUT2D eigenvalue weighted by Crippen LogP contribution is 2.26. The van der Waals surface area contributed by atoms with E-state index in [9.17, 15) is 14.7 Å². The van der Waals surface area contributed by atoms with Crippen molar-refractivity contribution in [2.75, 3.05) is 13.2 Å². The molecule has 1 saturated heterocycles. The van der Waals surface area contributed by atoms with Crippen LogP contribution in [0.4, 0.5) is 4.79 Å². The first kappa shape index (κ1) is 21.1. The summed E-state index contributed by atoms with van der Waals surface area (Å²) in [5, 5.41) is 15.2. The maximum absolute atomic E-state index is 12.8. The summed E-state index contributed by atoms with van der Waals surface area (Å²) in [6.07, 6.45) is 3.80. The van der Waals surface area contributed by atoms with E-state index in [4.69, 9.17) is 4.74 Å². The second kappa shape index (κ2) is 9.27. The number of urea groups is 1. The topological polar surface area (TPSA) is 78.9 Å². The summed E-state index contributed by atoms with van der Waals surface area (Å²) in [5.41, 5.74) is -0.888. The van der Waals surface area contributed by atoms with Crippen molar-refractivity contribution >= 4 is 22.7 Å². The van der Waals surface area contributed by atoms with Gasteiger partial charge in [-0.2, -0.15) is 0 Å². The number of benzene rings is 2. The number of nitrogens with one attached hydrogen (secondary N) is 1. The summed E-state index contributed by atoms with van der Waals surface area (Å²) in [6, 6.07) is 13.1. The average molecular weight is 399 g/mol. The maximum atomic E-state index is 12.8. The standard InChI is InChI=1S/C23H30N2O4/c1-3-4-5-8-14-23(2)21(27)25(22(28)24-23)15-18(26)16-29-20-13-9-11-17-10-6-7-12-19(17)20/h6-7,9-13,18,26H,3-5,8,14-16H2,1-2H3,(H,24,28). The fourth-order valence-corrected chi connectivity index (χ4v) is 3.76. The van der Waals surface area contributed by atoms with Crippen LogP contribution < -0.4 is 10.1 Å². The van der Waals surface area contributed by atoms with E-state index in [1.54, 1.807) is 6.92 Å². The van der Waals surface area contributed by atoms with E-state index in [0.717, 1.165) is 41.4 Å². The summed E-state index contributed by atoms with van der Waals surface area (Å²) >= 11 is 0. The number of aliphatic hydroxyl groups excluding tert-OH is 1. The minimum Gasteiger partial charge on any atom is -0.490 e. The highest BCUT2D eigenvalue weighted by atomic mass is 16.5. The summed E-state index contributed by atoms with van der Waals surface area (Å²) in [4.78, 5) is 26.2. The Morgan fingerprint density at radius 3 is 2.66 bits per heavy atom. The first-order valence-electron chi connectivity index (χ1n) is 10.4. The van der Waals surface area contributed by atoms with Crippen molar-refractivity contribution in [1.82, 2.24) is 10.2 Å². The molecule has 0 aliphatic carbocycles. The smallest absolute Gasteiger partial charge is 0.325 e. The molecule has 3 amide bonds. The molecule has 29 heavy (non-hydrogen) atoms. The van der Waals surface area contributed by atoms with Crippen molar-refractivity contribution < 1.29 is 19.4 Å². The van der Waals surface area contributed by atoms with Gasteiger partial charge in [-0.15, -0.1) is 0 Å². The predicted octanol–water partition coefficient (Wildman–Crippen LogP) is 3.86. The number of ether oxygens (including phenoxy) is 1. The van der Waals surface area contributed by atoms with Crippen molar-refractivity contribution in [2.45, 2.75) is 57.6 Å². The average Bonchev–Trinajstić information content (AvgIpc) is 2.93. The lowest BCUT2D eigenvalue weighted by molar-refractivity contribution is -0.132. The molecule has 0 saturated carbocycles. The van der Waals surface area contributed by atoms with E-state index in [1.165, 1.54) is 0 Å². The zero-order valence-corrected chi connectivity index (χ0v) is 17.2. The molecule has 6 heteroatoms. The lowest BCUT2D eigenvalue weighted by Gasteiger charge is -2.22. The van der Waals surface area contributed by atoms with E-state index in [1.807, 2.05) is 42.5 Å². The molecule has 2 atom stereocenters. The molecule has 2 N–H and O–H groups in total. The molecule has 2 unspecified atom stereocenters. The van der Waals surface area contributed by atoms with Gasteiger partial charge in [-0.05, 0) is 24.8 Å². The third kappa shape index (κ3) is 4.88. The Morgan fingerprint density at radius 2 is 1.86 bits per heavy atom. The molecule has 6 nitrogen and oxygen atoms in total. The van der Waals surface area contributed by atoms with Crippen LogP contribution in [0.1, 0.15) is 46.0 Å². The highest BCUT2D eigenvalue weighted by Gasteiger charge is 2.47. The number of β-amino-alcohol motifs (C(OH)–C–C–N with tert-alkyl or cyclic N) is 1. The summed E-state index contributed by atoms with van der Waals surface area (Å²) in [5.74, 6) is 0.392. The molecule has 2 aromatic carbocycles. The number of unbranched alkanes of at least 4 members (excludes halogenated alkanes) is 3. The van der Waals surface area contributed by atoms with Gasteiger partial charge in [0.05, 0.1) is 6.54 Å². The van der Waals surface area contributed by atoms with Gasteiger partial charge in [0.15, 0.2) is 0 Å². The van der Waals surface area contributed by atoms with Crippen LogP contribution in [0.3, 0.4) is 0 Å². The SMILES string of the molecule is CCCCCCC1(C)NC(=O)N(CC(O)COc2cccc3ccccc23)C1=O. The summed E-state index contributed by atoms with van der Waals surface area (Å²) in [7, 11) is 0. The normalized spacial score (nSPS) is 20.2. The van der Waals surface area contributed by atoms with Gasteiger partial charge in [-0.1, -0.05) is 69.0 Å². The van der Waals surface area contributed by atoms with Crippen molar-refractivity contribution in [2.24, 2.45) is 0 Å². The van der Waals surface area contributed by atoms with Crippen molar-refractivity contribution in [3.63, 3.8) is 0 Å². The zero-order valence-electron chi connectivity index (χ0n) is 17.2. The molecule has 0 bridgehead atoms. The van der Waals surface area contributed by atoms with Gasteiger partial charge in [0.2, 0.25) is 0 Å². The van der Waals surface area contributed by atoms with E-state index < -0.39 is 17.7 Å². The Kier molecular flexibility index (Phi) is 6.75. The van der Waals surface area contributed by atoms with Gasteiger partial charge in [-0.3, -0.25) is 9.69 Å². The fraction of sp³-hybridized carbons (Fsp3) is 0.478. The number of rotatable bonds is 10. The van der Waals surface area contributed by atoms with Crippen LogP contribution in [-0.4, -0.2) is 46.7 Å². The van der Waals surface area contributed by atoms with Crippen molar-refractivity contribution in [3.8, 4) is 5.75 Å². The number of nitrogens with zero attached hydrogens (tertiary/aromatic N) is 1. The van der Waals surface area contributed by atoms with Gasteiger partial charge < -0.3 is 15.2 Å². The van der Waals surface area contributed by atoms with Gasteiger partial charge in [0.25, 0.3) is 5.91 Å². The van der Waals surface area contributed by atoms with E-state index in [0.29, 0.717) is 12.2 Å². The second-order valence-electron chi connectivity index (χ2n) is 7.93. The van der Waals surface area contributed by atoms with Crippen molar-refractivity contribution in [3.05, 3.63) is 42.5 Å². The molecule has 0 spiro atoms. The molecule has 1 aliphatic rings. The van der Waals surface area contributed by atoms with Crippen molar-refractivity contribution in [1.29, 1.82) is 0 Å². The monoisotopic (exact) mass is 398 g/mol. The Bertz CT molecular complexity index is 864. The number of fused-ring (bicyclic) bond motifs is 1. The second-order valence-corrected chi connectivity index (χ2v) is 7.93. The third-order valence-electron chi connectivity index (χ3n) is 5.45. The number of hydrogen-bond donors (Lipinski definition) is 2. The Balaban J connectivity index is 1.56. The number of carbonyl (C=O) groups excluding carboxylic acids is 2. The first-order chi connectivity index (χ1) is 13.9. The van der Waals surface area contributed by atoms with Gasteiger partial charge >= 0.3 is 6.03 Å². The molecule has 1 aliphatic heterocycles. The molecule has 2 aromatic rings. The van der Waals surface area contributed by atoms with Gasteiger partial charge in [0, 0.05) is 5.39 Å². The number of carbonyl (C=O) groups is 2. The number of hydrogen-bond acceptors (Lipinski definition) is 4. The number of aliphatic hydroxyl groups is 1. The minimum atomic E-state index is -0.967. The predicted molar refractivity (Wildman–Crippen MR) is 113 cm³/mol. The quantitative estimate of drug-likeness (QED) is 0.470.